The molecule has 0 radical (unpaired) electrons. The number of methoxy groups -OCH3 is 2. The Labute approximate surface area is 147 Å². The van der Waals surface area contributed by atoms with Crippen molar-refractivity contribution in [2.45, 2.75) is 6.54 Å². The van der Waals surface area contributed by atoms with E-state index in [0.29, 0.717) is 37.1 Å². The summed E-state index contributed by atoms with van der Waals surface area (Å²) < 4.78 is 15.9. The Bertz CT molecular complexity index is 679. The monoisotopic (exact) mass is 345 g/mol. The van der Waals surface area contributed by atoms with Gasteiger partial charge in [0.05, 0.1) is 20.3 Å². The molecule has 7 nitrogen and oxygen atoms in total. The Morgan fingerprint density at radius 3 is 2.80 bits per heavy atom. The first-order valence-electron chi connectivity index (χ1n) is 7.95. The molecule has 0 saturated carbocycles. The molecule has 2 rings (SSSR count). The average Bonchev–Trinajstić information content (AvgIpc) is 2.65. The van der Waals surface area contributed by atoms with Crippen LogP contribution in [0.25, 0.3) is 0 Å². The summed E-state index contributed by atoms with van der Waals surface area (Å²) in [5.74, 6) is 1.66. The first-order chi connectivity index (χ1) is 12.2. The maximum absolute atomic E-state index is 11.8. The molecule has 0 aliphatic heterocycles. The van der Waals surface area contributed by atoms with Crippen molar-refractivity contribution >= 4 is 5.91 Å². The third kappa shape index (κ3) is 6.40. The Morgan fingerprint density at radius 1 is 1.16 bits per heavy atom. The van der Waals surface area contributed by atoms with Crippen LogP contribution in [0.1, 0.15) is 5.56 Å². The van der Waals surface area contributed by atoms with Crippen molar-refractivity contribution in [1.82, 2.24) is 15.6 Å². The highest BCUT2D eigenvalue weighted by Crippen LogP contribution is 2.25. The van der Waals surface area contributed by atoms with Gasteiger partial charge in [-0.25, -0.2) is 4.98 Å². The Morgan fingerprint density at radius 2 is 2.00 bits per heavy atom. The van der Waals surface area contributed by atoms with Crippen molar-refractivity contribution < 1.29 is 19.0 Å². The van der Waals surface area contributed by atoms with E-state index >= 15 is 0 Å². The van der Waals surface area contributed by atoms with Gasteiger partial charge in [0.1, 0.15) is 11.5 Å². The number of ether oxygens (including phenoxy) is 3. The minimum absolute atomic E-state index is 0.104. The molecule has 0 aliphatic rings. The zero-order valence-corrected chi connectivity index (χ0v) is 14.5. The van der Waals surface area contributed by atoms with Gasteiger partial charge in [0.2, 0.25) is 11.8 Å². The van der Waals surface area contributed by atoms with E-state index in [-0.39, 0.29) is 12.5 Å². The van der Waals surface area contributed by atoms with Gasteiger partial charge in [-0.1, -0.05) is 12.1 Å². The zero-order chi connectivity index (χ0) is 17.9. The Balaban J connectivity index is 1.92. The van der Waals surface area contributed by atoms with Crippen LogP contribution in [0.4, 0.5) is 0 Å². The van der Waals surface area contributed by atoms with Gasteiger partial charge < -0.3 is 24.8 Å². The number of benzene rings is 1. The van der Waals surface area contributed by atoms with Gasteiger partial charge >= 0.3 is 0 Å². The van der Waals surface area contributed by atoms with Crippen molar-refractivity contribution in [1.29, 1.82) is 0 Å². The fourth-order valence-corrected chi connectivity index (χ4v) is 2.06. The van der Waals surface area contributed by atoms with E-state index in [1.54, 1.807) is 32.5 Å². The number of aromatic nitrogens is 1. The van der Waals surface area contributed by atoms with Gasteiger partial charge in [-0.05, 0) is 18.2 Å². The van der Waals surface area contributed by atoms with E-state index in [1.807, 2.05) is 24.3 Å². The molecule has 0 bridgehead atoms. The SMILES string of the molecule is COCCNCC(=O)NCc1cccnc1Oc1cccc(OC)c1. The van der Waals surface area contributed by atoms with Crippen molar-refractivity contribution in [2.75, 3.05) is 33.9 Å². The molecule has 1 heterocycles. The fourth-order valence-electron chi connectivity index (χ4n) is 2.06. The fraction of sp³-hybridized carbons (Fsp3) is 0.333. The number of carbonyl (C=O) groups is 1. The van der Waals surface area contributed by atoms with Crippen molar-refractivity contribution in [3.8, 4) is 17.4 Å². The van der Waals surface area contributed by atoms with Gasteiger partial charge in [0.15, 0.2) is 0 Å². The van der Waals surface area contributed by atoms with Crippen LogP contribution in [0.5, 0.6) is 17.4 Å². The smallest absolute Gasteiger partial charge is 0.234 e. The summed E-state index contributed by atoms with van der Waals surface area (Å²) in [6.45, 7) is 1.75. The zero-order valence-electron chi connectivity index (χ0n) is 14.5. The van der Waals surface area contributed by atoms with Gasteiger partial charge in [-0.15, -0.1) is 0 Å². The number of rotatable bonds is 10. The van der Waals surface area contributed by atoms with Crippen molar-refractivity contribution in [2.24, 2.45) is 0 Å². The minimum atomic E-state index is -0.104. The lowest BCUT2D eigenvalue weighted by Crippen LogP contribution is -2.34. The number of nitrogens with zero attached hydrogens (tertiary/aromatic N) is 1. The summed E-state index contributed by atoms with van der Waals surface area (Å²) in [7, 11) is 3.22. The number of amides is 1. The summed E-state index contributed by atoms with van der Waals surface area (Å²) in [5.41, 5.74) is 0.788. The molecule has 1 aromatic heterocycles. The Hall–Kier alpha value is -2.64. The summed E-state index contributed by atoms with van der Waals surface area (Å²) >= 11 is 0. The summed E-state index contributed by atoms with van der Waals surface area (Å²) in [4.78, 5) is 16.1. The van der Waals surface area contributed by atoms with Crippen LogP contribution in [-0.4, -0.2) is 44.8 Å². The van der Waals surface area contributed by atoms with Crippen LogP contribution >= 0.6 is 0 Å². The lowest BCUT2D eigenvalue weighted by molar-refractivity contribution is -0.120. The largest absolute Gasteiger partial charge is 0.497 e. The van der Waals surface area contributed by atoms with E-state index in [9.17, 15) is 4.79 Å². The number of nitrogens with one attached hydrogen (secondary N) is 2. The number of pyridine rings is 1. The molecule has 25 heavy (non-hydrogen) atoms. The molecule has 2 aromatic rings. The molecule has 0 fully saturated rings. The first kappa shape index (κ1) is 18.7. The van der Waals surface area contributed by atoms with Gasteiger partial charge in [-0.2, -0.15) is 0 Å². The van der Waals surface area contributed by atoms with Gasteiger partial charge in [0, 0.05) is 38.0 Å². The van der Waals surface area contributed by atoms with Crippen LogP contribution in [-0.2, 0) is 16.1 Å². The topological polar surface area (TPSA) is 81.7 Å². The van der Waals surface area contributed by atoms with Gasteiger partial charge in [0.25, 0.3) is 0 Å². The molecule has 134 valence electrons. The maximum Gasteiger partial charge on any atom is 0.234 e. The standard InChI is InChI=1S/C18H23N3O4/c1-23-10-9-19-13-17(22)21-12-14-5-4-8-20-18(14)25-16-7-3-6-15(11-16)24-2/h3-8,11,19H,9-10,12-13H2,1-2H3,(H,21,22). The molecule has 0 atom stereocenters. The van der Waals surface area contributed by atoms with Crippen LogP contribution in [0.3, 0.4) is 0 Å². The molecule has 1 aromatic carbocycles. The van der Waals surface area contributed by atoms with Gasteiger partial charge in [-0.3, -0.25) is 4.79 Å². The molecule has 0 unspecified atom stereocenters. The highest BCUT2D eigenvalue weighted by atomic mass is 16.5. The lowest BCUT2D eigenvalue weighted by atomic mass is 10.2. The molecule has 0 spiro atoms. The van der Waals surface area contributed by atoms with E-state index < -0.39 is 0 Å². The molecule has 7 heteroatoms. The third-order valence-corrected chi connectivity index (χ3v) is 3.35. The summed E-state index contributed by atoms with van der Waals surface area (Å²) in [5, 5.41) is 5.83. The maximum atomic E-state index is 11.8. The summed E-state index contributed by atoms with van der Waals surface area (Å²) in [6, 6.07) is 10.9. The number of hydrogen-bond donors (Lipinski definition) is 2. The van der Waals surface area contributed by atoms with E-state index in [4.69, 9.17) is 14.2 Å². The third-order valence-electron chi connectivity index (χ3n) is 3.35. The quantitative estimate of drug-likeness (QED) is 0.638. The Kier molecular flexibility index (Phi) is 7.68. The molecule has 0 aliphatic carbocycles. The first-order valence-corrected chi connectivity index (χ1v) is 7.95. The number of carbonyl (C=O) groups excluding carboxylic acids is 1. The average molecular weight is 345 g/mol. The molecular weight excluding hydrogens is 322 g/mol. The highest BCUT2D eigenvalue weighted by molar-refractivity contribution is 5.78. The second-order valence-electron chi connectivity index (χ2n) is 5.20. The van der Waals surface area contributed by atoms with E-state index in [1.165, 1.54) is 0 Å². The minimum Gasteiger partial charge on any atom is -0.497 e. The number of hydrogen-bond acceptors (Lipinski definition) is 6. The lowest BCUT2D eigenvalue weighted by Gasteiger charge is -2.11. The summed E-state index contributed by atoms with van der Waals surface area (Å²) in [6.07, 6.45) is 1.65. The normalized spacial score (nSPS) is 10.3. The predicted molar refractivity (Wildman–Crippen MR) is 93.9 cm³/mol. The molecular formula is C18H23N3O4. The second kappa shape index (κ2) is 10.3. The van der Waals surface area contributed by atoms with Crippen LogP contribution < -0.4 is 20.1 Å². The van der Waals surface area contributed by atoms with Crippen molar-refractivity contribution in [3.05, 3.63) is 48.2 Å². The predicted octanol–water partition coefficient (Wildman–Crippen LogP) is 1.73. The van der Waals surface area contributed by atoms with E-state index in [0.717, 1.165) is 5.56 Å². The van der Waals surface area contributed by atoms with Crippen LogP contribution in [0.2, 0.25) is 0 Å². The van der Waals surface area contributed by atoms with Crippen LogP contribution in [0, 0.1) is 0 Å². The second-order valence-corrected chi connectivity index (χ2v) is 5.20. The van der Waals surface area contributed by atoms with Crippen LogP contribution in [0.15, 0.2) is 42.6 Å². The van der Waals surface area contributed by atoms with Crippen molar-refractivity contribution in [3.63, 3.8) is 0 Å². The molecule has 1 amide bonds. The highest BCUT2D eigenvalue weighted by Gasteiger charge is 2.08. The molecule has 0 saturated heterocycles. The molecule has 2 N–H and O–H groups in total. The van der Waals surface area contributed by atoms with E-state index in [2.05, 4.69) is 15.6 Å².